The van der Waals surface area contributed by atoms with Crippen molar-refractivity contribution in [1.82, 2.24) is 4.90 Å². The number of allylic oxidation sites excluding steroid dienone is 3. The maximum atomic E-state index is 11.5. The first-order valence-electron chi connectivity index (χ1n) is 14.6. The van der Waals surface area contributed by atoms with Crippen LogP contribution in [0.4, 0.5) is 0 Å². The Balaban J connectivity index is 0.000000512. The first kappa shape index (κ1) is 34.3. The van der Waals surface area contributed by atoms with Gasteiger partial charge >= 0.3 is 0 Å². The van der Waals surface area contributed by atoms with Gasteiger partial charge in [0, 0.05) is 18.3 Å². The molecule has 3 heteroatoms. The Morgan fingerprint density at radius 2 is 1.38 bits per heavy atom. The smallest absolute Gasteiger partial charge is 0.147 e. The molecule has 0 aromatic heterocycles. The van der Waals surface area contributed by atoms with Gasteiger partial charge in [-0.15, -0.1) is 0 Å². The largest absolute Gasteiger partial charge is 0.352 e. The van der Waals surface area contributed by atoms with E-state index in [-0.39, 0.29) is 6.04 Å². The molecule has 3 aromatic carbocycles. The van der Waals surface area contributed by atoms with Gasteiger partial charge < -0.3 is 4.90 Å². The summed E-state index contributed by atoms with van der Waals surface area (Å²) >= 11 is 0. The lowest BCUT2D eigenvalue weighted by molar-refractivity contribution is -0.105. The Morgan fingerprint density at radius 1 is 0.875 bits per heavy atom. The average Bonchev–Trinajstić information content (AvgIpc) is 2.98. The van der Waals surface area contributed by atoms with Gasteiger partial charge in [0.25, 0.3) is 0 Å². The number of nitrogens with zero attached hydrogens (tertiary/aromatic N) is 2. The molecule has 40 heavy (non-hydrogen) atoms. The van der Waals surface area contributed by atoms with Gasteiger partial charge in [-0.2, -0.15) is 0 Å². The molecule has 0 N–H and O–H groups in total. The Hall–Kier alpha value is -3.72. The van der Waals surface area contributed by atoms with E-state index in [1.807, 2.05) is 32.9 Å². The van der Waals surface area contributed by atoms with Crippen molar-refractivity contribution < 1.29 is 4.79 Å². The summed E-state index contributed by atoms with van der Waals surface area (Å²) in [6.07, 6.45) is 4.43. The zero-order valence-electron chi connectivity index (χ0n) is 26.1. The predicted octanol–water partition coefficient (Wildman–Crippen LogP) is 9.93. The molecule has 0 aliphatic heterocycles. The molecule has 3 nitrogen and oxygen atoms in total. The summed E-state index contributed by atoms with van der Waals surface area (Å²) in [5, 5.41) is 0. The Morgan fingerprint density at radius 3 is 1.77 bits per heavy atom. The summed E-state index contributed by atoms with van der Waals surface area (Å²) < 4.78 is 0. The summed E-state index contributed by atoms with van der Waals surface area (Å²) in [5.74, 6) is 0.903. The molecule has 3 rings (SSSR count). The first-order chi connectivity index (χ1) is 19.3. The van der Waals surface area contributed by atoms with Crippen molar-refractivity contribution in [2.45, 2.75) is 80.2 Å². The molecule has 0 spiro atoms. The van der Waals surface area contributed by atoms with Crippen LogP contribution >= 0.6 is 0 Å². The number of carbonyl (C=O) groups excluding carboxylic acids is 1. The van der Waals surface area contributed by atoms with Gasteiger partial charge in [0.15, 0.2) is 0 Å². The maximum Gasteiger partial charge on any atom is 0.147 e. The summed E-state index contributed by atoms with van der Waals surface area (Å²) in [5.41, 5.74) is 8.01. The van der Waals surface area contributed by atoms with Crippen molar-refractivity contribution in [2.24, 2.45) is 4.99 Å². The SMILES string of the molecule is C=C(C)Cc1ccc(C)cc1.CC.CCC/C(C=O)=C(\CC)N=C(C)N(C)C(c1ccccc1)c1ccccc1. The Bertz CT molecular complexity index is 1150. The standard InChI is InChI=1S/C24H30N2O.C11H14.C2H6/c1-5-13-22(18-27)23(6-2)25-19(3)26(4)24(20-14-9-7-10-15-20)21-16-11-8-12-17-21;1-9(2)8-11-6-4-10(3)5-7-11;1-2/h7-12,14-18,24H,5-6,13H2,1-4H3;4-7H,1,8H2,2-3H3;1-2H3/b23-22-,25-19?;;. The zero-order valence-corrected chi connectivity index (χ0v) is 26.1. The number of benzene rings is 3. The van der Waals surface area contributed by atoms with Crippen molar-refractivity contribution in [3.05, 3.63) is 131 Å². The Kier molecular flexibility index (Phi) is 16.6. The second-order valence-electron chi connectivity index (χ2n) is 9.81. The number of hydrogen-bond acceptors (Lipinski definition) is 2. The topological polar surface area (TPSA) is 32.7 Å². The quantitative estimate of drug-likeness (QED) is 0.0846. The first-order valence-corrected chi connectivity index (χ1v) is 14.6. The molecular weight excluding hydrogens is 488 g/mol. The number of aliphatic imine (C=N–C) groups is 1. The molecule has 0 saturated carbocycles. The van der Waals surface area contributed by atoms with Crippen LogP contribution in [0.3, 0.4) is 0 Å². The molecular formula is C37H50N2O. The van der Waals surface area contributed by atoms with Crippen molar-refractivity contribution >= 4 is 12.1 Å². The highest BCUT2D eigenvalue weighted by Crippen LogP contribution is 2.28. The molecule has 0 heterocycles. The third kappa shape index (κ3) is 11.6. The molecule has 0 bridgehead atoms. The average molecular weight is 539 g/mol. The van der Waals surface area contributed by atoms with Crippen molar-refractivity contribution in [3.63, 3.8) is 0 Å². The van der Waals surface area contributed by atoms with Crippen LogP contribution in [-0.4, -0.2) is 24.1 Å². The number of rotatable bonds is 10. The van der Waals surface area contributed by atoms with Gasteiger partial charge in [0.1, 0.15) is 12.1 Å². The second-order valence-corrected chi connectivity index (χ2v) is 9.81. The van der Waals surface area contributed by atoms with Crippen LogP contribution in [0.1, 0.15) is 89.1 Å². The van der Waals surface area contributed by atoms with Crippen LogP contribution in [0.2, 0.25) is 0 Å². The molecule has 0 fully saturated rings. The normalized spacial score (nSPS) is 11.4. The highest BCUT2D eigenvalue weighted by atomic mass is 16.1. The zero-order chi connectivity index (χ0) is 29.9. The van der Waals surface area contributed by atoms with Gasteiger partial charge in [-0.1, -0.05) is 137 Å². The van der Waals surface area contributed by atoms with Crippen LogP contribution in [0.15, 0.2) is 113 Å². The van der Waals surface area contributed by atoms with Crippen molar-refractivity contribution in [3.8, 4) is 0 Å². The number of aryl methyl sites for hydroxylation is 1. The van der Waals surface area contributed by atoms with E-state index in [4.69, 9.17) is 4.99 Å². The highest BCUT2D eigenvalue weighted by Gasteiger charge is 2.20. The molecule has 0 aliphatic rings. The summed E-state index contributed by atoms with van der Waals surface area (Å²) in [4.78, 5) is 18.5. The van der Waals surface area contributed by atoms with Gasteiger partial charge in [0.2, 0.25) is 0 Å². The lowest BCUT2D eigenvalue weighted by Gasteiger charge is -2.31. The van der Waals surface area contributed by atoms with Gasteiger partial charge in [-0.25, -0.2) is 4.99 Å². The van der Waals surface area contributed by atoms with E-state index in [9.17, 15) is 4.79 Å². The third-order valence-corrected chi connectivity index (χ3v) is 6.42. The fourth-order valence-corrected chi connectivity index (χ4v) is 4.34. The predicted molar refractivity (Wildman–Crippen MR) is 175 cm³/mol. The molecule has 0 atom stereocenters. The van der Waals surface area contributed by atoms with E-state index in [0.29, 0.717) is 0 Å². The minimum atomic E-state index is 0.0695. The minimum Gasteiger partial charge on any atom is -0.352 e. The summed E-state index contributed by atoms with van der Waals surface area (Å²) in [7, 11) is 2.07. The van der Waals surface area contributed by atoms with Crippen LogP contribution in [0.25, 0.3) is 0 Å². The van der Waals surface area contributed by atoms with Crippen LogP contribution < -0.4 is 0 Å². The molecule has 0 saturated heterocycles. The van der Waals surface area contributed by atoms with Gasteiger partial charge in [-0.05, 0) is 56.7 Å². The van der Waals surface area contributed by atoms with E-state index < -0.39 is 0 Å². The lowest BCUT2D eigenvalue weighted by Crippen LogP contribution is -2.30. The monoisotopic (exact) mass is 538 g/mol. The summed E-state index contributed by atoms with van der Waals surface area (Å²) in [6.45, 7) is 18.2. The molecule has 214 valence electrons. The number of hydrogen-bond donors (Lipinski definition) is 0. The maximum absolute atomic E-state index is 11.5. The second kappa shape index (κ2) is 19.4. The van der Waals surface area contributed by atoms with E-state index in [1.165, 1.54) is 27.8 Å². The highest BCUT2D eigenvalue weighted by molar-refractivity contribution is 5.83. The molecule has 3 aromatic rings. The van der Waals surface area contributed by atoms with Crippen molar-refractivity contribution in [2.75, 3.05) is 7.05 Å². The number of amidine groups is 1. The van der Waals surface area contributed by atoms with Crippen molar-refractivity contribution in [1.29, 1.82) is 0 Å². The van der Waals surface area contributed by atoms with Gasteiger partial charge in [0.05, 0.1) is 6.04 Å². The van der Waals surface area contributed by atoms with E-state index in [0.717, 1.165) is 49.1 Å². The van der Waals surface area contributed by atoms with Gasteiger partial charge in [-0.3, -0.25) is 4.79 Å². The minimum absolute atomic E-state index is 0.0695. The van der Waals surface area contributed by atoms with E-state index in [2.05, 4.69) is 119 Å². The van der Waals surface area contributed by atoms with E-state index >= 15 is 0 Å². The molecule has 0 amide bonds. The van der Waals surface area contributed by atoms with E-state index in [1.54, 1.807) is 0 Å². The lowest BCUT2D eigenvalue weighted by atomic mass is 9.97. The van der Waals surface area contributed by atoms with Crippen LogP contribution in [-0.2, 0) is 11.2 Å². The molecule has 0 aliphatic carbocycles. The summed E-state index contributed by atoms with van der Waals surface area (Å²) in [6, 6.07) is 29.6. The Labute approximate surface area is 244 Å². The third-order valence-electron chi connectivity index (χ3n) is 6.42. The number of aldehydes is 1. The molecule has 0 radical (unpaired) electrons. The fraction of sp³-hybridized carbons (Fsp3) is 0.351. The van der Waals surface area contributed by atoms with Crippen LogP contribution in [0.5, 0.6) is 0 Å². The number of carbonyl (C=O) groups is 1. The van der Waals surface area contributed by atoms with Crippen LogP contribution in [0, 0.1) is 6.92 Å². The molecule has 0 unspecified atom stereocenters. The fourth-order valence-electron chi connectivity index (χ4n) is 4.34.